The van der Waals surface area contributed by atoms with E-state index in [0.717, 1.165) is 10.2 Å². The number of hydrogen-bond donors (Lipinski definition) is 0. The van der Waals surface area contributed by atoms with E-state index in [1.807, 2.05) is 32.9 Å². The molecule has 0 spiro atoms. The molecule has 0 aliphatic heterocycles. The summed E-state index contributed by atoms with van der Waals surface area (Å²) in [5.74, 6) is 0.845. The molecule has 0 saturated heterocycles. The molecule has 0 radical (unpaired) electrons. The normalized spacial score (nSPS) is 12.6. The van der Waals surface area contributed by atoms with Gasteiger partial charge in [0, 0.05) is 11.6 Å². The molecule has 0 fully saturated rings. The maximum absolute atomic E-state index is 5.54. The molecular weight excluding hydrogens is 244 g/mol. The van der Waals surface area contributed by atoms with E-state index >= 15 is 0 Å². The molecule has 0 saturated carbocycles. The highest BCUT2D eigenvalue weighted by atomic mass is 79.9. The number of halogens is 1. The first kappa shape index (κ1) is 11.5. The molecule has 78 valence electrons. The number of aryl methyl sites for hydroxylation is 2. The lowest BCUT2D eigenvalue weighted by Crippen LogP contribution is -2.13. The second-order valence-electron chi connectivity index (χ2n) is 3.29. The van der Waals surface area contributed by atoms with Gasteiger partial charge in [-0.3, -0.25) is 0 Å². The molecule has 0 amide bonds. The smallest absolute Gasteiger partial charge is 0.196 e. The summed E-state index contributed by atoms with van der Waals surface area (Å²) in [7, 11) is 1.63. The predicted octanol–water partition coefficient (Wildman–Crippen LogP) is 3.44. The minimum Gasteiger partial charge on any atom is -0.465 e. The number of benzene rings is 1. The molecule has 1 aromatic rings. The molecule has 1 aromatic carbocycles. The third kappa shape index (κ3) is 2.72. The van der Waals surface area contributed by atoms with Gasteiger partial charge in [0.05, 0.1) is 0 Å². The molecular formula is C11H15BrO2. The summed E-state index contributed by atoms with van der Waals surface area (Å²) >= 11 is 3.51. The first-order valence-electron chi connectivity index (χ1n) is 4.50. The number of rotatable bonds is 3. The summed E-state index contributed by atoms with van der Waals surface area (Å²) < 4.78 is 11.7. The Hall–Kier alpha value is -0.540. The second-order valence-corrected chi connectivity index (χ2v) is 4.09. The van der Waals surface area contributed by atoms with Gasteiger partial charge in [0.1, 0.15) is 5.75 Å². The van der Waals surface area contributed by atoms with Crippen molar-refractivity contribution >= 4 is 15.9 Å². The highest BCUT2D eigenvalue weighted by Gasteiger charge is 2.05. The van der Waals surface area contributed by atoms with Gasteiger partial charge in [0.15, 0.2) is 6.29 Å². The Morgan fingerprint density at radius 3 is 2.14 bits per heavy atom. The zero-order valence-electron chi connectivity index (χ0n) is 8.93. The molecule has 0 aliphatic rings. The van der Waals surface area contributed by atoms with Crippen LogP contribution in [-0.4, -0.2) is 13.4 Å². The van der Waals surface area contributed by atoms with Gasteiger partial charge in [-0.15, -0.1) is 0 Å². The molecule has 3 heteroatoms. The number of hydrogen-bond acceptors (Lipinski definition) is 2. The molecule has 1 atom stereocenters. The highest BCUT2D eigenvalue weighted by Crippen LogP contribution is 2.26. The average molecular weight is 259 g/mol. The van der Waals surface area contributed by atoms with Crippen molar-refractivity contribution in [1.82, 2.24) is 0 Å². The molecule has 0 aromatic heterocycles. The van der Waals surface area contributed by atoms with Crippen LogP contribution in [0.4, 0.5) is 0 Å². The number of methoxy groups -OCH3 is 1. The van der Waals surface area contributed by atoms with E-state index < -0.39 is 0 Å². The van der Waals surface area contributed by atoms with Crippen LogP contribution >= 0.6 is 15.9 Å². The quantitative estimate of drug-likeness (QED) is 0.774. The summed E-state index contributed by atoms with van der Waals surface area (Å²) in [6.07, 6.45) is -0.213. The molecule has 2 nitrogen and oxygen atoms in total. The minimum absolute atomic E-state index is 0.213. The van der Waals surface area contributed by atoms with E-state index in [1.54, 1.807) is 7.11 Å². The van der Waals surface area contributed by atoms with Crippen molar-refractivity contribution in [2.45, 2.75) is 27.1 Å². The van der Waals surface area contributed by atoms with Crippen LogP contribution in [0.1, 0.15) is 18.1 Å². The zero-order chi connectivity index (χ0) is 10.7. The lowest BCUT2D eigenvalue weighted by Gasteiger charge is -2.14. The maximum Gasteiger partial charge on any atom is 0.196 e. The van der Waals surface area contributed by atoms with Gasteiger partial charge in [-0.1, -0.05) is 15.9 Å². The SMILES string of the molecule is COC(C)Oc1cc(C)c(Br)c(C)c1. The van der Waals surface area contributed by atoms with E-state index in [0.29, 0.717) is 0 Å². The Morgan fingerprint density at radius 2 is 1.71 bits per heavy atom. The third-order valence-corrected chi connectivity index (χ3v) is 3.29. The Morgan fingerprint density at radius 1 is 1.21 bits per heavy atom. The summed E-state index contributed by atoms with van der Waals surface area (Å²) in [6.45, 7) is 5.95. The molecule has 0 aliphatic carbocycles. The van der Waals surface area contributed by atoms with Gasteiger partial charge in [-0.25, -0.2) is 0 Å². The topological polar surface area (TPSA) is 18.5 Å². The molecule has 1 rings (SSSR count). The van der Waals surface area contributed by atoms with Crippen molar-refractivity contribution in [3.8, 4) is 5.75 Å². The lowest BCUT2D eigenvalue weighted by molar-refractivity contribution is -0.0383. The highest BCUT2D eigenvalue weighted by molar-refractivity contribution is 9.10. The van der Waals surface area contributed by atoms with E-state index in [2.05, 4.69) is 15.9 Å². The van der Waals surface area contributed by atoms with Crippen LogP contribution in [0, 0.1) is 13.8 Å². The van der Waals surface area contributed by atoms with Crippen molar-refractivity contribution in [1.29, 1.82) is 0 Å². The van der Waals surface area contributed by atoms with Crippen LogP contribution in [0.25, 0.3) is 0 Å². The molecule has 0 heterocycles. The molecule has 14 heavy (non-hydrogen) atoms. The van der Waals surface area contributed by atoms with Crippen LogP contribution in [0.15, 0.2) is 16.6 Å². The number of ether oxygens (including phenoxy) is 2. The van der Waals surface area contributed by atoms with E-state index in [-0.39, 0.29) is 6.29 Å². The standard InChI is InChI=1S/C11H15BrO2/c1-7-5-10(14-9(3)13-4)6-8(2)11(7)12/h5-6,9H,1-4H3. The molecule has 0 bridgehead atoms. The molecule has 0 N–H and O–H groups in total. The van der Waals surface area contributed by atoms with E-state index in [1.165, 1.54) is 11.1 Å². The van der Waals surface area contributed by atoms with Crippen LogP contribution in [-0.2, 0) is 4.74 Å². The van der Waals surface area contributed by atoms with Crippen molar-refractivity contribution in [3.63, 3.8) is 0 Å². The predicted molar refractivity (Wildman–Crippen MR) is 60.7 cm³/mol. The minimum atomic E-state index is -0.213. The fourth-order valence-electron chi connectivity index (χ4n) is 1.21. The first-order valence-corrected chi connectivity index (χ1v) is 5.30. The van der Waals surface area contributed by atoms with Crippen LogP contribution in [0.2, 0.25) is 0 Å². The zero-order valence-corrected chi connectivity index (χ0v) is 10.5. The van der Waals surface area contributed by atoms with Crippen LogP contribution in [0.3, 0.4) is 0 Å². The van der Waals surface area contributed by atoms with Gasteiger partial charge in [0.25, 0.3) is 0 Å². The first-order chi connectivity index (χ1) is 6.54. The van der Waals surface area contributed by atoms with Crippen molar-refractivity contribution in [2.24, 2.45) is 0 Å². The Kier molecular flexibility index (Phi) is 3.96. The third-order valence-electron chi connectivity index (χ3n) is 2.04. The fourth-order valence-corrected chi connectivity index (χ4v) is 1.44. The van der Waals surface area contributed by atoms with Crippen LogP contribution in [0.5, 0.6) is 5.75 Å². The monoisotopic (exact) mass is 258 g/mol. The average Bonchev–Trinajstić information content (AvgIpc) is 2.14. The summed E-state index contributed by atoms with van der Waals surface area (Å²) in [4.78, 5) is 0. The maximum atomic E-state index is 5.54. The van der Waals surface area contributed by atoms with Gasteiger partial charge in [-0.05, 0) is 44.0 Å². The van der Waals surface area contributed by atoms with Gasteiger partial charge in [0.2, 0.25) is 0 Å². The van der Waals surface area contributed by atoms with Crippen molar-refractivity contribution in [2.75, 3.05) is 7.11 Å². The van der Waals surface area contributed by atoms with Crippen molar-refractivity contribution < 1.29 is 9.47 Å². The largest absolute Gasteiger partial charge is 0.465 e. The van der Waals surface area contributed by atoms with Gasteiger partial charge >= 0.3 is 0 Å². The summed E-state index contributed by atoms with van der Waals surface area (Å²) in [5.41, 5.74) is 2.34. The Balaban J connectivity index is 2.89. The Labute approximate surface area is 93.4 Å². The second kappa shape index (κ2) is 4.80. The summed E-state index contributed by atoms with van der Waals surface area (Å²) in [5, 5.41) is 0. The lowest BCUT2D eigenvalue weighted by atomic mass is 10.1. The van der Waals surface area contributed by atoms with Gasteiger partial charge in [-0.2, -0.15) is 0 Å². The van der Waals surface area contributed by atoms with E-state index in [4.69, 9.17) is 9.47 Å². The van der Waals surface area contributed by atoms with Crippen LogP contribution < -0.4 is 4.74 Å². The summed E-state index contributed by atoms with van der Waals surface area (Å²) in [6, 6.07) is 3.99. The van der Waals surface area contributed by atoms with Crippen molar-refractivity contribution in [3.05, 3.63) is 27.7 Å². The Bertz CT molecular complexity index is 300. The molecule has 1 unspecified atom stereocenters. The van der Waals surface area contributed by atoms with Gasteiger partial charge < -0.3 is 9.47 Å². The fraction of sp³-hybridized carbons (Fsp3) is 0.455. The van der Waals surface area contributed by atoms with E-state index in [9.17, 15) is 0 Å².